The molecule has 21 rings (SSSR count). The minimum atomic E-state index is -0.577. The van der Waals surface area contributed by atoms with Gasteiger partial charge in [-0.1, -0.05) is 0 Å². The third-order valence-electron chi connectivity index (χ3n) is 18.8. The van der Waals surface area contributed by atoms with E-state index in [4.69, 9.17) is 43.4 Å². The maximum absolute atomic E-state index is 14.8. The lowest BCUT2D eigenvalue weighted by molar-refractivity contribution is -0.168. The summed E-state index contributed by atoms with van der Waals surface area (Å²) in [6.45, 7) is 4.63. The molecule has 12 bridgehead atoms. The topological polar surface area (TPSA) is 155 Å². The van der Waals surface area contributed by atoms with Crippen LogP contribution in [0.4, 0.5) is 0 Å². The number of nitrogens with zero attached hydrogens (tertiary/aromatic N) is 6. The maximum Gasteiger partial charge on any atom is 0.306 e. The number of carbonyl (C=O) groups excluding carboxylic acids is 3. The summed E-state index contributed by atoms with van der Waals surface area (Å²) in [5, 5.41) is 2.68. The molecule has 75 heavy (non-hydrogen) atoms. The van der Waals surface area contributed by atoms with Crippen molar-refractivity contribution in [2.24, 2.45) is 35.5 Å². The van der Waals surface area contributed by atoms with Crippen LogP contribution in [0.1, 0.15) is 92.8 Å². The predicted octanol–water partition coefficient (Wildman–Crippen LogP) is 8.83. The van der Waals surface area contributed by atoms with Crippen LogP contribution in [-0.4, -0.2) is 126 Å². The first-order chi connectivity index (χ1) is 36.7. The molecule has 6 aromatic rings. The Morgan fingerprint density at radius 1 is 0.427 bits per heavy atom. The Morgan fingerprint density at radius 2 is 0.733 bits per heavy atom. The summed E-state index contributed by atoms with van der Waals surface area (Å²) in [6.07, 6.45) is 9.72. The number of benzene rings is 3. The first kappa shape index (κ1) is 48.2. The van der Waals surface area contributed by atoms with Gasteiger partial charge in [0.1, 0.15) is 35.6 Å². The van der Waals surface area contributed by atoms with Gasteiger partial charge in [-0.05, 0) is 166 Å². The molecule has 0 spiro atoms. The highest BCUT2D eigenvalue weighted by Crippen LogP contribution is 2.50. The second kappa shape index (κ2) is 19.9. The second-order valence-corrected chi connectivity index (χ2v) is 22.5. The van der Waals surface area contributed by atoms with E-state index in [0.29, 0.717) is 36.9 Å². The summed E-state index contributed by atoms with van der Waals surface area (Å²) < 4.78 is 37.8. The van der Waals surface area contributed by atoms with Crippen LogP contribution >= 0.6 is 0 Å². The van der Waals surface area contributed by atoms with Crippen LogP contribution in [0.25, 0.3) is 32.7 Å². The lowest BCUT2D eigenvalue weighted by Gasteiger charge is -2.53. The van der Waals surface area contributed by atoms with Crippen molar-refractivity contribution in [1.82, 2.24) is 29.7 Å². The fourth-order valence-electron chi connectivity index (χ4n) is 15.0. The van der Waals surface area contributed by atoms with E-state index in [2.05, 4.69) is 14.7 Å². The number of esters is 3. The van der Waals surface area contributed by atoms with Crippen LogP contribution in [0.2, 0.25) is 0 Å². The van der Waals surface area contributed by atoms with Crippen molar-refractivity contribution in [3.63, 3.8) is 0 Å². The number of hydrogen-bond donors (Lipinski definition) is 0. The van der Waals surface area contributed by atoms with Crippen molar-refractivity contribution >= 4 is 50.6 Å². The highest BCUT2D eigenvalue weighted by molar-refractivity contribution is 5.86. The molecule has 3 aromatic heterocycles. The zero-order valence-electron chi connectivity index (χ0n) is 43.1. The molecule has 0 amide bonds. The number of ether oxygens (including phenoxy) is 6. The fraction of sp³-hybridized carbons (Fsp3) is 0.500. The molecule has 0 radical (unpaired) electrons. The monoisotopic (exact) mass is 1010 g/mol. The van der Waals surface area contributed by atoms with Gasteiger partial charge in [0.2, 0.25) is 0 Å². The number of piperidine rings is 9. The fourth-order valence-corrected chi connectivity index (χ4v) is 15.0. The van der Waals surface area contributed by atoms with E-state index in [1.54, 1.807) is 21.3 Å². The van der Waals surface area contributed by atoms with Gasteiger partial charge < -0.3 is 28.4 Å². The highest BCUT2D eigenvalue weighted by atomic mass is 16.6. The Hall–Kier alpha value is -6.42. The van der Waals surface area contributed by atoms with Crippen LogP contribution in [0.3, 0.4) is 0 Å². The molecule has 390 valence electrons. The number of pyridine rings is 3. The van der Waals surface area contributed by atoms with Gasteiger partial charge in [0.15, 0.2) is 0 Å². The first-order valence-corrected chi connectivity index (χ1v) is 27.3. The lowest BCUT2D eigenvalue weighted by Crippen LogP contribution is -2.57. The molecule has 15 atom stereocenters. The summed E-state index contributed by atoms with van der Waals surface area (Å²) in [5.74, 6) is 2.36. The van der Waals surface area contributed by atoms with E-state index < -0.39 is 18.3 Å². The van der Waals surface area contributed by atoms with Gasteiger partial charge in [-0.25, -0.2) is 0 Å². The average molecular weight is 1020 g/mol. The van der Waals surface area contributed by atoms with Crippen LogP contribution in [0, 0.1) is 35.5 Å². The highest BCUT2D eigenvalue weighted by Gasteiger charge is 2.51. The van der Waals surface area contributed by atoms with Crippen LogP contribution in [0.5, 0.6) is 17.2 Å². The largest absolute Gasteiger partial charge is 0.497 e. The molecule has 0 saturated carbocycles. The molecule has 3 aromatic carbocycles. The minimum absolute atomic E-state index is 0.0721. The van der Waals surface area contributed by atoms with Crippen molar-refractivity contribution in [1.29, 1.82) is 0 Å². The standard InChI is InChI=1S/C60H66N6O9/c1-70-40-4-7-49-46(28-40)43(10-16-61-49)58-52-22-34-13-19-64(52)31-38(34)26-56(68)74-60(45-12-18-63-51-9-6-42(72-3)30-48(45)51)54-24-36-15-21-66(54)33-39(36)27-57(69)75-59(44-11-17-62-50-8-5-41(71-2)29-47(44)50)53-23-35-14-20-65(53)32-37(35)25-55(67)73-58/h4-12,16-18,28-30,34-39,52-54,58-60H,13-15,19-27,31-33H2,1-3H3/t34-,35-,36-,37-,38-,39-,52+,53+,54+,58+,59+,60+/m0/s1. The molecule has 18 heterocycles. The smallest absolute Gasteiger partial charge is 0.306 e. The average Bonchev–Trinajstić information content (AvgIpc) is 3.46. The van der Waals surface area contributed by atoms with Gasteiger partial charge in [-0.2, -0.15) is 0 Å². The summed E-state index contributed by atoms with van der Waals surface area (Å²) >= 11 is 0. The molecule has 3 unspecified atom stereocenters. The predicted molar refractivity (Wildman–Crippen MR) is 280 cm³/mol. The normalized spacial score (nSPS) is 33.8. The molecule has 15 saturated heterocycles. The number of rotatable bonds is 6. The van der Waals surface area contributed by atoms with Gasteiger partial charge in [0.25, 0.3) is 0 Å². The number of aromatic nitrogens is 3. The van der Waals surface area contributed by atoms with Gasteiger partial charge in [0, 0.05) is 90.3 Å². The summed E-state index contributed by atoms with van der Waals surface area (Å²) in [6, 6.07) is 23.3. The van der Waals surface area contributed by atoms with Gasteiger partial charge >= 0.3 is 17.9 Å². The Balaban J connectivity index is 0.880. The number of hydrogen-bond acceptors (Lipinski definition) is 15. The van der Waals surface area contributed by atoms with Crippen molar-refractivity contribution in [2.75, 3.05) is 60.6 Å². The molecule has 15 heteroatoms. The molecule has 15 nitrogen and oxygen atoms in total. The quantitative estimate of drug-likeness (QED) is 0.115. The first-order valence-electron chi connectivity index (χ1n) is 27.3. The van der Waals surface area contributed by atoms with Crippen LogP contribution in [-0.2, 0) is 28.6 Å². The van der Waals surface area contributed by atoms with E-state index >= 15 is 0 Å². The van der Waals surface area contributed by atoms with Crippen molar-refractivity contribution in [2.45, 2.75) is 94.2 Å². The summed E-state index contributed by atoms with van der Waals surface area (Å²) in [7, 11) is 4.98. The second-order valence-electron chi connectivity index (χ2n) is 22.5. The zero-order valence-corrected chi connectivity index (χ0v) is 43.1. The Bertz CT molecular complexity index is 2840. The summed E-state index contributed by atoms with van der Waals surface area (Å²) in [5.41, 5.74) is 5.13. The minimum Gasteiger partial charge on any atom is -0.497 e. The number of methoxy groups -OCH3 is 3. The Labute approximate surface area is 437 Å². The van der Waals surface area contributed by atoms with E-state index in [-0.39, 0.29) is 90.8 Å². The summed E-state index contributed by atoms with van der Waals surface area (Å²) in [4.78, 5) is 65.9. The van der Waals surface area contributed by atoms with Gasteiger partial charge in [-0.15, -0.1) is 0 Å². The molecule has 0 N–H and O–H groups in total. The SMILES string of the molecule is COc1ccc2nccc([C@H]3OC(=O)C[C@H]4CN5CC[C@H]4C[C@@H]5[C@@H](c4ccnc5ccc(OC)cc45)OC(=O)C[C@H]4CN5CC[C@H]4C[C@@H]5[C@@H](c4ccnc5ccc(OC)cc45)OC(=O)C[C@H]4CN5CC[C@H]4C[C@H]35)c2c1. The van der Waals surface area contributed by atoms with Crippen LogP contribution in [0.15, 0.2) is 91.4 Å². The third kappa shape index (κ3) is 9.01. The van der Waals surface area contributed by atoms with Crippen molar-refractivity contribution < 1.29 is 42.8 Å². The molecular formula is C60H66N6O9. The van der Waals surface area contributed by atoms with Gasteiger partial charge in [-0.3, -0.25) is 44.0 Å². The lowest BCUT2D eigenvalue weighted by atomic mass is 9.71. The van der Waals surface area contributed by atoms with Crippen molar-refractivity contribution in [3.8, 4) is 17.2 Å². The molecule has 15 fully saturated rings. The van der Waals surface area contributed by atoms with Crippen LogP contribution < -0.4 is 14.2 Å². The molecule has 0 aliphatic carbocycles. The van der Waals surface area contributed by atoms with Crippen molar-refractivity contribution in [3.05, 3.63) is 108 Å². The molecular weight excluding hydrogens is 949 g/mol. The van der Waals surface area contributed by atoms with E-state index in [0.717, 1.165) is 108 Å². The zero-order chi connectivity index (χ0) is 50.9. The number of fused-ring (bicyclic) bond motifs is 6. The van der Waals surface area contributed by atoms with Gasteiger partial charge in [0.05, 0.1) is 56.0 Å². The Kier molecular flexibility index (Phi) is 12.8. The number of carbonyl (C=O) groups is 3. The molecule has 15 aliphatic heterocycles. The van der Waals surface area contributed by atoms with E-state index in [9.17, 15) is 14.4 Å². The Morgan fingerprint density at radius 3 is 1.00 bits per heavy atom. The maximum atomic E-state index is 14.8. The van der Waals surface area contributed by atoms with E-state index in [1.165, 1.54) is 0 Å². The van der Waals surface area contributed by atoms with E-state index in [1.807, 2.05) is 91.4 Å². The molecule has 15 aliphatic rings. The third-order valence-corrected chi connectivity index (χ3v) is 18.8.